The third-order valence-corrected chi connectivity index (χ3v) is 4.30. The summed E-state index contributed by atoms with van der Waals surface area (Å²) in [6, 6.07) is 7.23. The average Bonchev–Trinajstić information content (AvgIpc) is 3.01. The highest BCUT2D eigenvalue weighted by Gasteiger charge is 2.27. The summed E-state index contributed by atoms with van der Waals surface area (Å²) in [6.45, 7) is 6.11. The molecule has 0 aliphatic carbocycles. The van der Waals surface area contributed by atoms with E-state index in [-0.39, 0.29) is 30.9 Å². The minimum atomic E-state index is -0.652. The van der Waals surface area contributed by atoms with Gasteiger partial charge in [-0.3, -0.25) is 9.59 Å². The molecule has 0 aliphatic heterocycles. The number of likely N-dealkylation sites (N-methyl/N-ethyl adjacent to an activating group) is 1. The molecule has 0 saturated heterocycles. The lowest BCUT2D eigenvalue weighted by molar-refractivity contribution is -0.137. The van der Waals surface area contributed by atoms with Gasteiger partial charge in [-0.2, -0.15) is 0 Å². The lowest BCUT2D eigenvalue weighted by Gasteiger charge is -2.27. The van der Waals surface area contributed by atoms with Crippen molar-refractivity contribution in [1.29, 1.82) is 0 Å². The van der Waals surface area contributed by atoms with Gasteiger partial charge in [0.1, 0.15) is 6.04 Å². The Kier molecular flexibility index (Phi) is 6.58. The molecule has 6 nitrogen and oxygen atoms in total. The Morgan fingerprint density at radius 2 is 2.00 bits per heavy atom. The zero-order valence-corrected chi connectivity index (χ0v) is 15.1. The number of rotatable bonds is 8. The molecule has 1 aromatic carbocycles. The van der Waals surface area contributed by atoms with Crippen LogP contribution in [-0.4, -0.2) is 52.5 Å². The Hall–Kier alpha value is -2.34. The van der Waals surface area contributed by atoms with Crippen LogP contribution >= 0.6 is 0 Å². The number of amides is 2. The normalized spacial score (nSPS) is 12.4. The van der Waals surface area contributed by atoms with Crippen LogP contribution in [0.15, 0.2) is 30.5 Å². The van der Waals surface area contributed by atoms with Crippen molar-refractivity contribution in [2.75, 3.05) is 19.7 Å². The standard InChI is InChI=1S/C19H27N3O3/c1-4-22(9-10-23)19(25)17(21-18(24)13(2)3)11-14-12-20-16-8-6-5-7-15(14)16/h5-8,12-13,17,20,23H,4,9-11H2,1-3H3,(H,21,24). The van der Waals surface area contributed by atoms with Gasteiger partial charge in [0.05, 0.1) is 6.61 Å². The zero-order chi connectivity index (χ0) is 18.4. The topological polar surface area (TPSA) is 85.4 Å². The summed E-state index contributed by atoms with van der Waals surface area (Å²) in [4.78, 5) is 29.8. The summed E-state index contributed by atoms with van der Waals surface area (Å²) >= 11 is 0. The third-order valence-electron chi connectivity index (χ3n) is 4.30. The molecule has 0 bridgehead atoms. The maximum absolute atomic E-state index is 12.9. The zero-order valence-electron chi connectivity index (χ0n) is 15.1. The van der Waals surface area contributed by atoms with Gasteiger partial charge in [-0.15, -0.1) is 0 Å². The fraction of sp³-hybridized carbons (Fsp3) is 0.474. The summed E-state index contributed by atoms with van der Waals surface area (Å²) < 4.78 is 0. The molecule has 1 unspecified atom stereocenters. The monoisotopic (exact) mass is 345 g/mol. The second-order valence-electron chi connectivity index (χ2n) is 6.42. The molecule has 1 heterocycles. The summed E-state index contributed by atoms with van der Waals surface area (Å²) in [5.41, 5.74) is 1.99. The fourth-order valence-corrected chi connectivity index (χ4v) is 2.82. The number of carbonyl (C=O) groups excluding carboxylic acids is 2. The van der Waals surface area contributed by atoms with Crippen molar-refractivity contribution >= 4 is 22.7 Å². The number of aliphatic hydroxyl groups is 1. The molecule has 3 N–H and O–H groups in total. The number of fused-ring (bicyclic) bond motifs is 1. The Labute approximate surface area is 148 Å². The number of nitrogens with one attached hydrogen (secondary N) is 2. The maximum Gasteiger partial charge on any atom is 0.245 e. The van der Waals surface area contributed by atoms with Crippen LogP contribution in [0.1, 0.15) is 26.3 Å². The van der Waals surface area contributed by atoms with Crippen LogP contribution in [0.3, 0.4) is 0 Å². The van der Waals surface area contributed by atoms with Crippen molar-refractivity contribution in [3.05, 3.63) is 36.0 Å². The fourth-order valence-electron chi connectivity index (χ4n) is 2.82. The van der Waals surface area contributed by atoms with Crippen molar-refractivity contribution in [3.63, 3.8) is 0 Å². The Balaban J connectivity index is 2.27. The van der Waals surface area contributed by atoms with Gasteiger partial charge in [-0.1, -0.05) is 32.0 Å². The van der Waals surface area contributed by atoms with Crippen molar-refractivity contribution in [2.45, 2.75) is 33.2 Å². The second-order valence-corrected chi connectivity index (χ2v) is 6.42. The van der Waals surface area contributed by atoms with E-state index in [0.717, 1.165) is 16.5 Å². The molecule has 1 atom stereocenters. The SMILES string of the molecule is CCN(CCO)C(=O)C(Cc1c[nH]c2ccccc12)NC(=O)C(C)C. The van der Waals surface area contributed by atoms with E-state index in [4.69, 9.17) is 0 Å². The number of hydrogen-bond donors (Lipinski definition) is 3. The highest BCUT2D eigenvalue weighted by atomic mass is 16.3. The van der Waals surface area contributed by atoms with E-state index in [2.05, 4.69) is 10.3 Å². The van der Waals surface area contributed by atoms with Crippen molar-refractivity contribution < 1.29 is 14.7 Å². The molecule has 2 amide bonds. The number of para-hydroxylation sites is 1. The van der Waals surface area contributed by atoms with Crippen LogP contribution in [0, 0.1) is 5.92 Å². The molecule has 2 aromatic rings. The first-order valence-electron chi connectivity index (χ1n) is 8.72. The van der Waals surface area contributed by atoms with E-state index in [1.54, 1.807) is 18.7 Å². The molecular formula is C19H27N3O3. The van der Waals surface area contributed by atoms with Crippen LogP contribution in [0.25, 0.3) is 10.9 Å². The van der Waals surface area contributed by atoms with Crippen molar-refractivity contribution in [2.24, 2.45) is 5.92 Å². The van der Waals surface area contributed by atoms with Crippen LogP contribution in [-0.2, 0) is 16.0 Å². The summed E-state index contributed by atoms with van der Waals surface area (Å²) in [5.74, 6) is -0.528. The van der Waals surface area contributed by atoms with Gasteiger partial charge in [-0.25, -0.2) is 0 Å². The van der Waals surface area contributed by atoms with Gasteiger partial charge in [0.25, 0.3) is 0 Å². The largest absolute Gasteiger partial charge is 0.395 e. The summed E-state index contributed by atoms with van der Waals surface area (Å²) in [6.07, 6.45) is 2.29. The molecule has 0 aliphatic rings. The summed E-state index contributed by atoms with van der Waals surface area (Å²) in [7, 11) is 0. The van der Waals surface area contributed by atoms with E-state index in [0.29, 0.717) is 13.0 Å². The van der Waals surface area contributed by atoms with Crippen molar-refractivity contribution in [3.8, 4) is 0 Å². The lowest BCUT2D eigenvalue weighted by Crippen LogP contribution is -2.51. The predicted molar refractivity (Wildman–Crippen MR) is 98.1 cm³/mol. The molecular weight excluding hydrogens is 318 g/mol. The number of carbonyl (C=O) groups is 2. The van der Waals surface area contributed by atoms with E-state index in [1.807, 2.05) is 37.4 Å². The number of benzene rings is 1. The number of aliphatic hydroxyl groups excluding tert-OH is 1. The highest BCUT2D eigenvalue weighted by molar-refractivity contribution is 5.90. The molecule has 2 rings (SSSR count). The molecule has 0 fully saturated rings. The highest BCUT2D eigenvalue weighted by Crippen LogP contribution is 2.19. The maximum atomic E-state index is 12.9. The molecule has 25 heavy (non-hydrogen) atoms. The van der Waals surface area contributed by atoms with Gasteiger partial charge in [0, 0.05) is 42.5 Å². The van der Waals surface area contributed by atoms with E-state index in [1.165, 1.54) is 0 Å². The van der Waals surface area contributed by atoms with E-state index in [9.17, 15) is 14.7 Å². The molecule has 1 aromatic heterocycles. The molecule has 6 heteroatoms. The Bertz CT molecular complexity index is 724. The van der Waals surface area contributed by atoms with Crippen LogP contribution in [0.4, 0.5) is 0 Å². The van der Waals surface area contributed by atoms with Crippen molar-refractivity contribution in [1.82, 2.24) is 15.2 Å². The smallest absolute Gasteiger partial charge is 0.245 e. The minimum absolute atomic E-state index is 0.0997. The molecule has 0 saturated carbocycles. The summed E-state index contributed by atoms with van der Waals surface area (Å²) in [5, 5.41) is 13.1. The first-order valence-corrected chi connectivity index (χ1v) is 8.72. The molecule has 0 radical (unpaired) electrons. The minimum Gasteiger partial charge on any atom is -0.395 e. The Morgan fingerprint density at radius 1 is 1.28 bits per heavy atom. The first kappa shape index (κ1) is 19.0. The van der Waals surface area contributed by atoms with Gasteiger partial charge < -0.3 is 20.3 Å². The first-order chi connectivity index (χ1) is 12.0. The second kappa shape index (κ2) is 8.67. The quantitative estimate of drug-likeness (QED) is 0.681. The third kappa shape index (κ3) is 4.60. The van der Waals surface area contributed by atoms with Gasteiger partial charge in [0.15, 0.2) is 0 Å². The molecule has 0 spiro atoms. The Morgan fingerprint density at radius 3 is 2.64 bits per heavy atom. The lowest BCUT2D eigenvalue weighted by atomic mass is 10.0. The predicted octanol–water partition coefficient (Wildman–Crippen LogP) is 1.69. The van der Waals surface area contributed by atoms with Crippen LogP contribution in [0.2, 0.25) is 0 Å². The van der Waals surface area contributed by atoms with Gasteiger partial charge in [0.2, 0.25) is 11.8 Å². The average molecular weight is 345 g/mol. The number of nitrogens with zero attached hydrogens (tertiary/aromatic N) is 1. The molecule has 136 valence electrons. The van der Waals surface area contributed by atoms with Gasteiger partial charge >= 0.3 is 0 Å². The van der Waals surface area contributed by atoms with E-state index < -0.39 is 6.04 Å². The van der Waals surface area contributed by atoms with E-state index >= 15 is 0 Å². The number of hydrogen-bond acceptors (Lipinski definition) is 3. The van der Waals surface area contributed by atoms with Crippen LogP contribution in [0.5, 0.6) is 0 Å². The number of aromatic amines is 1. The van der Waals surface area contributed by atoms with Gasteiger partial charge in [-0.05, 0) is 18.6 Å². The number of H-pyrrole nitrogens is 1. The number of aromatic nitrogens is 1. The van der Waals surface area contributed by atoms with Crippen LogP contribution < -0.4 is 5.32 Å².